The van der Waals surface area contributed by atoms with Crippen molar-refractivity contribution in [2.24, 2.45) is 0 Å². The molecule has 0 saturated carbocycles. The number of anilines is 1. The molecule has 7 nitrogen and oxygen atoms in total. The van der Waals surface area contributed by atoms with E-state index in [1.807, 2.05) is 36.1 Å². The Morgan fingerprint density at radius 2 is 1.88 bits per heavy atom. The highest BCUT2D eigenvalue weighted by atomic mass is 16.6. The predicted octanol–water partition coefficient (Wildman–Crippen LogP) is 0.654. The molecular weight excluding hydrogens is 308 g/mol. The minimum Gasteiger partial charge on any atom is -0.354 e. The molecular formula is C17H23N4O3+. The topological polar surface area (TPSA) is 72.8 Å². The fourth-order valence-corrected chi connectivity index (χ4v) is 3.57. The number of nitrogens with zero attached hydrogens (tertiary/aromatic N) is 3. The van der Waals surface area contributed by atoms with E-state index in [4.69, 9.17) is 0 Å². The van der Waals surface area contributed by atoms with E-state index >= 15 is 0 Å². The summed E-state index contributed by atoms with van der Waals surface area (Å²) in [7, 11) is 0. The van der Waals surface area contributed by atoms with Crippen LogP contribution < -0.4 is 15.4 Å². The van der Waals surface area contributed by atoms with Crippen LogP contribution in [0.5, 0.6) is 0 Å². The molecule has 0 atom stereocenters. The van der Waals surface area contributed by atoms with Gasteiger partial charge in [-0.2, -0.15) is 0 Å². The summed E-state index contributed by atoms with van der Waals surface area (Å²) in [4.78, 5) is 27.4. The minimum absolute atomic E-state index is 0.296. The Morgan fingerprint density at radius 3 is 2.46 bits per heavy atom. The summed E-state index contributed by atoms with van der Waals surface area (Å²) in [6.07, 6.45) is 0. The van der Waals surface area contributed by atoms with Gasteiger partial charge >= 0.3 is 11.2 Å². The van der Waals surface area contributed by atoms with Crippen LogP contribution in [0.25, 0.3) is 10.9 Å². The van der Waals surface area contributed by atoms with Gasteiger partial charge in [0.25, 0.3) is 0 Å². The molecule has 1 N–H and O–H groups in total. The van der Waals surface area contributed by atoms with Crippen molar-refractivity contribution in [3.8, 4) is 0 Å². The molecule has 0 amide bonds. The first-order valence-electron chi connectivity index (χ1n) is 8.46. The first kappa shape index (κ1) is 16.4. The molecule has 24 heavy (non-hydrogen) atoms. The summed E-state index contributed by atoms with van der Waals surface area (Å²) in [5, 5.41) is 12.5. The molecule has 2 aromatic rings. The van der Waals surface area contributed by atoms with Gasteiger partial charge in [0.05, 0.1) is 43.2 Å². The molecule has 1 saturated heterocycles. The number of benzene rings is 1. The van der Waals surface area contributed by atoms with Crippen molar-refractivity contribution in [1.82, 2.24) is 4.57 Å². The number of likely N-dealkylation sites (N-methyl/N-ethyl adjacent to an activating group) is 1. The molecule has 128 valence electrons. The van der Waals surface area contributed by atoms with Crippen LogP contribution in [0, 0.1) is 10.1 Å². The van der Waals surface area contributed by atoms with Gasteiger partial charge in [-0.1, -0.05) is 18.2 Å². The fraction of sp³-hybridized carbons (Fsp3) is 0.471. The molecule has 2 heterocycles. The second-order valence-electron chi connectivity index (χ2n) is 6.11. The van der Waals surface area contributed by atoms with Crippen LogP contribution in [0.3, 0.4) is 0 Å². The summed E-state index contributed by atoms with van der Waals surface area (Å²) < 4.78 is 1.49. The molecule has 7 heteroatoms. The van der Waals surface area contributed by atoms with E-state index in [2.05, 4.69) is 6.92 Å². The number of hydrogen-bond acceptors (Lipinski definition) is 4. The highest BCUT2D eigenvalue weighted by Crippen LogP contribution is 2.33. The lowest BCUT2D eigenvalue weighted by Crippen LogP contribution is -3.14. The summed E-state index contributed by atoms with van der Waals surface area (Å²) in [5.41, 5.74) is 0.438. The highest BCUT2D eigenvalue weighted by molar-refractivity contribution is 5.96. The molecule has 1 fully saturated rings. The van der Waals surface area contributed by atoms with Crippen LogP contribution in [0.1, 0.15) is 13.8 Å². The van der Waals surface area contributed by atoms with Crippen LogP contribution in [0.4, 0.5) is 11.4 Å². The average Bonchev–Trinajstić information content (AvgIpc) is 2.60. The number of piperazine rings is 1. The summed E-state index contributed by atoms with van der Waals surface area (Å²) in [6.45, 7) is 8.75. The third-order valence-corrected chi connectivity index (χ3v) is 4.91. The SMILES string of the molecule is CCn1c(=O)c([N+](=O)[O-])c(N2CC[NH+](CC)CC2)c2ccccc21. The van der Waals surface area contributed by atoms with Gasteiger partial charge in [0.15, 0.2) is 0 Å². The predicted molar refractivity (Wildman–Crippen MR) is 94.0 cm³/mol. The number of aromatic nitrogens is 1. The summed E-state index contributed by atoms with van der Waals surface area (Å²) in [6, 6.07) is 7.47. The number of nitrogens with one attached hydrogen (secondary N) is 1. The lowest BCUT2D eigenvalue weighted by Gasteiger charge is -2.33. The maximum absolute atomic E-state index is 12.7. The van der Waals surface area contributed by atoms with E-state index in [-0.39, 0.29) is 5.69 Å². The van der Waals surface area contributed by atoms with Gasteiger partial charge in [-0.3, -0.25) is 14.9 Å². The first-order chi connectivity index (χ1) is 11.6. The molecule has 0 unspecified atom stereocenters. The normalized spacial score (nSPS) is 15.8. The Kier molecular flexibility index (Phi) is 4.53. The van der Waals surface area contributed by atoms with Crippen molar-refractivity contribution in [3.05, 3.63) is 44.7 Å². The van der Waals surface area contributed by atoms with E-state index in [0.29, 0.717) is 12.2 Å². The maximum atomic E-state index is 12.7. The van der Waals surface area contributed by atoms with Gasteiger partial charge in [-0.25, -0.2) is 0 Å². The largest absolute Gasteiger partial charge is 0.357 e. The van der Waals surface area contributed by atoms with Gasteiger partial charge < -0.3 is 14.4 Å². The van der Waals surface area contributed by atoms with Gasteiger partial charge in [0, 0.05) is 11.9 Å². The Hall–Kier alpha value is -2.41. The van der Waals surface area contributed by atoms with Gasteiger partial charge in [-0.05, 0) is 19.9 Å². The quantitative estimate of drug-likeness (QED) is 0.660. The van der Waals surface area contributed by atoms with E-state index in [1.54, 1.807) is 0 Å². The third kappa shape index (κ3) is 2.65. The zero-order chi connectivity index (χ0) is 17.3. The Morgan fingerprint density at radius 1 is 1.21 bits per heavy atom. The van der Waals surface area contributed by atoms with Crippen LogP contribution in [-0.2, 0) is 6.54 Å². The molecule has 0 bridgehead atoms. The van der Waals surface area contributed by atoms with Crippen molar-refractivity contribution in [1.29, 1.82) is 0 Å². The Balaban J connectivity index is 2.24. The molecule has 1 aliphatic heterocycles. The van der Waals surface area contributed by atoms with Crippen LogP contribution in [0.15, 0.2) is 29.1 Å². The Bertz CT molecular complexity index is 822. The van der Waals surface area contributed by atoms with E-state index < -0.39 is 10.5 Å². The van der Waals surface area contributed by atoms with Crippen LogP contribution in [-0.4, -0.2) is 42.2 Å². The van der Waals surface area contributed by atoms with Crippen molar-refractivity contribution >= 4 is 22.3 Å². The van der Waals surface area contributed by atoms with Crippen molar-refractivity contribution in [2.75, 3.05) is 37.6 Å². The van der Waals surface area contributed by atoms with Crippen molar-refractivity contribution in [3.63, 3.8) is 0 Å². The summed E-state index contributed by atoms with van der Waals surface area (Å²) in [5.74, 6) is 0. The average molecular weight is 331 g/mol. The molecule has 3 rings (SSSR count). The molecule has 0 spiro atoms. The maximum Gasteiger partial charge on any atom is 0.357 e. The molecule has 1 aliphatic rings. The fourth-order valence-electron chi connectivity index (χ4n) is 3.57. The zero-order valence-corrected chi connectivity index (χ0v) is 14.1. The second kappa shape index (κ2) is 6.60. The number of nitro groups is 1. The minimum atomic E-state index is -0.519. The highest BCUT2D eigenvalue weighted by Gasteiger charge is 2.31. The molecule has 1 aromatic carbocycles. The zero-order valence-electron chi connectivity index (χ0n) is 14.1. The lowest BCUT2D eigenvalue weighted by atomic mass is 10.1. The van der Waals surface area contributed by atoms with Gasteiger partial charge in [0.1, 0.15) is 5.69 Å². The van der Waals surface area contributed by atoms with E-state index in [9.17, 15) is 14.9 Å². The smallest absolute Gasteiger partial charge is 0.354 e. The van der Waals surface area contributed by atoms with E-state index in [0.717, 1.165) is 43.6 Å². The monoisotopic (exact) mass is 331 g/mol. The number of aryl methyl sites for hydroxylation is 1. The number of hydrogen-bond donors (Lipinski definition) is 1. The lowest BCUT2D eigenvalue weighted by molar-refractivity contribution is -0.898. The molecule has 1 aromatic heterocycles. The number of rotatable bonds is 4. The number of para-hydroxylation sites is 1. The van der Waals surface area contributed by atoms with E-state index in [1.165, 1.54) is 9.47 Å². The van der Waals surface area contributed by atoms with Crippen molar-refractivity contribution < 1.29 is 9.82 Å². The number of fused-ring (bicyclic) bond motifs is 1. The molecule has 0 aliphatic carbocycles. The number of pyridine rings is 1. The second-order valence-corrected chi connectivity index (χ2v) is 6.11. The number of quaternary nitrogens is 1. The summed E-state index contributed by atoms with van der Waals surface area (Å²) >= 11 is 0. The van der Waals surface area contributed by atoms with Gasteiger partial charge in [0.2, 0.25) is 0 Å². The third-order valence-electron chi connectivity index (χ3n) is 4.91. The van der Waals surface area contributed by atoms with Gasteiger partial charge in [-0.15, -0.1) is 0 Å². The van der Waals surface area contributed by atoms with Crippen LogP contribution >= 0.6 is 0 Å². The van der Waals surface area contributed by atoms with Crippen LogP contribution in [0.2, 0.25) is 0 Å². The molecule has 0 radical (unpaired) electrons. The first-order valence-corrected chi connectivity index (χ1v) is 8.46. The Labute approximate surface area is 140 Å². The van der Waals surface area contributed by atoms with Crippen molar-refractivity contribution in [2.45, 2.75) is 20.4 Å². The standard InChI is InChI=1S/C17H22N4O3/c1-3-18-9-11-19(12-10-18)15-13-7-5-6-8-14(13)20(4-2)17(22)16(15)21(23)24/h5-8H,3-4,9-12H2,1-2H3/p+1.